The van der Waals surface area contributed by atoms with E-state index >= 15 is 0 Å². The van der Waals surface area contributed by atoms with Crippen molar-refractivity contribution in [3.8, 4) is 5.75 Å². The average molecular weight is 305 g/mol. The van der Waals surface area contributed by atoms with Crippen LogP contribution in [-0.4, -0.2) is 17.5 Å². The fourth-order valence-corrected chi connectivity index (χ4v) is 2.99. The van der Waals surface area contributed by atoms with Gasteiger partial charge in [-0.2, -0.15) is 0 Å². The second-order valence-corrected chi connectivity index (χ2v) is 5.95. The van der Waals surface area contributed by atoms with Crippen LogP contribution >= 0.6 is 11.3 Å². The molecule has 0 atom stereocenters. The van der Waals surface area contributed by atoms with Gasteiger partial charge in [0.1, 0.15) is 10.6 Å². The first-order valence-electron chi connectivity index (χ1n) is 6.68. The molecule has 0 unspecified atom stereocenters. The zero-order chi connectivity index (χ0) is 15.4. The second kappa shape index (κ2) is 6.69. The number of hydrogen-bond donors (Lipinski definition) is 2. The molecule has 1 aromatic carbocycles. The van der Waals surface area contributed by atoms with Gasteiger partial charge in [-0.25, -0.2) is 10.8 Å². The first-order valence-corrected chi connectivity index (χ1v) is 7.50. The monoisotopic (exact) mass is 305 g/mol. The highest BCUT2D eigenvalue weighted by molar-refractivity contribution is 7.13. The molecule has 0 saturated heterocycles. The molecule has 0 spiro atoms. The Morgan fingerprint density at radius 2 is 2.14 bits per heavy atom. The Hall–Kier alpha value is -1.92. The van der Waals surface area contributed by atoms with E-state index in [1.165, 1.54) is 16.9 Å². The maximum atomic E-state index is 11.5. The van der Waals surface area contributed by atoms with Crippen molar-refractivity contribution in [2.45, 2.75) is 27.2 Å². The summed E-state index contributed by atoms with van der Waals surface area (Å²) in [6.45, 7) is 6.41. The van der Waals surface area contributed by atoms with Gasteiger partial charge in [-0.05, 0) is 32.4 Å². The van der Waals surface area contributed by atoms with Crippen LogP contribution in [0.4, 0.5) is 0 Å². The third-order valence-electron chi connectivity index (χ3n) is 3.08. The van der Waals surface area contributed by atoms with Crippen LogP contribution in [0.5, 0.6) is 5.75 Å². The van der Waals surface area contributed by atoms with Crippen molar-refractivity contribution in [1.29, 1.82) is 0 Å². The number of carbonyl (C=O) groups excluding carboxylic acids is 1. The van der Waals surface area contributed by atoms with Gasteiger partial charge < -0.3 is 4.74 Å². The highest BCUT2D eigenvalue weighted by Crippen LogP contribution is 2.21. The fraction of sp³-hybridized carbons (Fsp3) is 0.333. The van der Waals surface area contributed by atoms with Crippen LogP contribution in [0.2, 0.25) is 0 Å². The van der Waals surface area contributed by atoms with Crippen molar-refractivity contribution in [2.75, 3.05) is 6.61 Å². The van der Waals surface area contributed by atoms with Gasteiger partial charge >= 0.3 is 0 Å². The Labute approximate surface area is 128 Å². The molecule has 2 rings (SSSR count). The molecule has 0 aliphatic heterocycles. The van der Waals surface area contributed by atoms with Gasteiger partial charge in [0, 0.05) is 6.42 Å². The molecule has 0 fully saturated rings. The summed E-state index contributed by atoms with van der Waals surface area (Å²) >= 11 is 1.35. The number of hydrogen-bond acceptors (Lipinski definition) is 5. The summed E-state index contributed by atoms with van der Waals surface area (Å²) in [5, 5.41) is 0.871. The number of nitrogens with one attached hydrogen (secondary N) is 1. The molecule has 2 aromatic rings. The molecular formula is C15H19N3O2S. The number of nitrogens with zero attached hydrogens (tertiary/aromatic N) is 1. The average Bonchev–Trinajstić information content (AvgIpc) is 2.81. The lowest BCUT2D eigenvalue weighted by Gasteiger charge is -2.08. The molecule has 1 aromatic heterocycles. The summed E-state index contributed by atoms with van der Waals surface area (Å²) in [5.41, 5.74) is 5.16. The van der Waals surface area contributed by atoms with Crippen molar-refractivity contribution >= 4 is 17.2 Å². The molecule has 5 nitrogen and oxygen atoms in total. The summed E-state index contributed by atoms with van der Waals surface area (Å²) in [7, 11) is 0. The highest BCUT2D eigenvalue weighted by Gasteiger charge is 2.14. The number of carbonyl (C=O) groups is 1. The minimum absolute atomic E-state index is 0.299. The highest BCUT2D eigenvalue weighted by atomic mass is 32.1. The van der Waals surface area contributed by atoms with Crippen molar-refractivity contribution in [1.82, 2.24) is 10.4 Å². The maximum Gasteiger partial charge on any atom is 0.277 e. The SMILES string of the molecule is Cc1ccc(OCCc2nc(C)c(C(=O)NN)s2)c(C)c1. The lowest BCUT2D eigenvalue weighted by Crippen LogP contribution is -2.29. The van der Waals surface area contributed by atoms with Crippen LogP contribution in [0.3, 0.4) is 0 Å². The number of nitrogens with two attached hydrogens (primary N) is 1. The second-order valence-electron chi connectivity index (χ2n) is 4.86. The van der Waals surface area contributed by atoms with Gasteiger partial charge in [0.15, 0.2) is 0 Å². The summed E-state index contributed by atoms with van der Waals surface area (Å²) in [6, 6.07) is 6.09. The number of nitrogen functional groups attached to an aromatic ring is 1. The Kier molecular flexibility index (Phi) is 4.93. The Morgan fingerprint density at radius 1 is 1.38 bits per heavy atom. The van der Waals surface area contributed by atoms with Crippen LogP contribution in [0.15, 0.2) is 18.2 Å². The van der Waals surface area contributed by atoms with Crippen LogP contribution in [0.25, 0.3) is 0 Å². The minimum atomic E-state index is -0.299. The third kappa shape index (κ3) is 3.80. The smallest absolute Gasteiger partial charge is 0.277 e. The lowest BCUT2D eigenvalue weighted by molar-refractivity contribution is 0.0957. The molecule has 21 heavy (non-hydrogen) atoms. The first-order chi connectivity index (χ1) is 10.0. The van der Waals surface area contributed by atoms with Gasteiger partial charge in [0.2, 0.25) is 0 Å². The van der Waals surface area contributed by atoms with E-state index < -0.39 is 0 Å². The zero-order valence-electron chi connectivity index (χ0n) is 12.4. The number of thiazole rings is 1. The van der Waals surface area contributed by atoms with Crippen molar-refractivity contribution in [2.24, 2.45) is 5.84 Å². The topological polar surface area (TPSA) is 77.2 Å². The van der Waals surface area contributed by atoms with E-state index in [0.29, 0.717) is 23.6 Å². The molecule has 0 aliphatic rings. The van der Waals surface area contributed by atoms with Gasteiger partial charge in [-0.3, -0.25) is 10.2 Å². The predicted molar refractivity (Wildman–Crippen MR) is 83.6 cm³/mol. The molecular weight excluding hydrogens is 286 g/mol. The van der Waals surface area contributed by atoms with Crippen LogP contribution in [0.1, 0.15) is 31.5 Å². The van der Waals surface area contributed by atoms with E-state index in [1.807, 2.05) is 19.1 Å². The first kappa shape index (κ1) is 15.5. The van der Waals surface area contributed by atoms with E-state index in [1.54, 1.807) is 6.92 Å². The maximum absolute atomic E-state index is 11.5. The van der Waals surface area contributed by atoms with Gasteiger partial charge in [-0.1, -0.05) is 17.7 Å². The molecule has 0 bridgehead atoms. The summed E-state index contributed by atoms with van der Waals surface area (Å²) in [5.74, 6) is 5.73. The number of benzene rings is 1. The number of aromatic nitrogens is 1. The molecule has 1 heterocycles. The van der Waals surface area contributed by atoms with Gasteiger partial charge in [0.25, 0.3) is 5.91 Å². The minimum Gasteiger partial charge on any atom is -0.493 e. The molecule has 0 radical (unpaired) electrons. The molecule has 0 aliphatic carbocycles. The number of ether oxygens (including phenoxy) is 1. The summed E-state index contributed by atoms with van der Waals surface area (Å²) < 4.78 is 5.77. The fourth-order valence-electron chi connectivity index (χ4n) is 2.05. The van der Waals surface area contributed by atoms with E-state index in [9.17, 15) is 4.79 Å². The van der Waals surface area contributed by atoms with Crippen molar-refractivity contribution in [3.05, 3.63) is 44.9 Å². The van der Waals surface area contributed by atoms with Gasteiger partial charge in [0.05, 0.1) is 17.3 Å². The molecule has 3 N–H and O–H groups in total. The van der Waals surface area contributed by atoms with E-state index in [0.717, 1.165) is 16.3 Å². The quantitative estimate of drug-likeness (QED) is 0.505. The number of amides is 1. The van der Waals surface area contributed by atoms with E-state index in [-0.39, 0.29) is 5.91 Å². The summed E-state index contributed by atoms with van der Waals surface area (Å²) in [4.78, 5) is 16.4. The van der Waals surface area contributed by atoms with Crippen LogP contribution in [0, 0.1) is 20.8 Å². The van der Waals surface area contributed by atoms with Crippen LogP contribution in [-0.2, 0) is 6.42 Å². The summed E-state index contributed by atoms with van der Waals surface area (Å²) in [6.07, 6.45) is 0.663. The third-order valence-corrected chi connectivity index (χ3v) is 4.30. The van der Waals surface area contributed by atoms with E-state index in [2.05, 4.69) is 23.4 Å². The normalized spacial score (nSPS) is 10.5. The van der Waals surface area contributed by atoms with Crippen molar-refractivity contribution in [3.63, 3.8) is 0 Å². The van der Waals surface area contributed by atoms with E-state index in [4.69, 9.17) is 10.6 Å². The zero-order valence-corrected chi connectivity index (χ0v) is 13.2. The van der Waals surface area contributed by atoms with Crippen molar-refractivity contribution < 1.29 is 9.53 Å². The largest absolute Gasteiger partial charge is 0.493 e. The van der Waals surface area contributed by atoms with Gasteiger partial charge in [-0.15, -0.1) is 11.3 Å². The lowest BCUT2D eigenvalue weighted by atomic mass is 10.1. The number of rotatable bonds is 5. The Balaban J connectivity index is 1.96. The molecule has 112 valence electrons. The van der Waals surface area contributed by atoms with Crippen LogP contribution < -0.4 is 16.0 Å². The number of hydrazine groups is 1. The molecule has 1 amide bonds. The Bertz CT molecular complexity index is 652. The molecule has 0 saturated carbocycles. The molecule has 6 heteroatoms. The number of aryl methyl sites for hydroxylation is 3. The standard InChI is InChI=1S/C15H19N3O2S/c1-9-4-5-12(10(2)8-9)20-7-6-13-17-11(3)14(21-13)15(19)18-16/h4-5,8H,6-7,16H2,1-3H3,(H,18,19). The predicted octanol–water partition coefficient (Wildman–Crippen LogP) is 2.29. The Morgan fingerprint density at radius 3 is 2.81 bits per heavy atom.